The van der Waals surface area contributed by atoms with Crippen LogP contribution in [0.3, 0.4) is 0 Å². The van der Waals surface area contributed by atoms with Crippen LogP contribution in [0, 0.1) is 0 Å². The first-order valence-electron chi connectivity index (χ1n) is 5.40. The molecular formula is C14H22. The molecule has 0 spiro atoms. The van der Waals surface area contributed by atoms with Gasteiger partial charge in [0.05, 0.1) is 0 Å². The predicted octanol–water partition coefficient (Wildman–Crippen LogP) is 4.81. The Morgan fingerprint density at radius 2 is 2.00 bits per heavy atom. The van der Waals surface area contributed by atoms with Gasteiger partial charge >= 0.3 is 0 Å². The first kappa shape index (κ1) is 13.0. The van der Waals surface area contributed by atoms with E-state index in [1.54, 1.807) is 0 Å². The van der Waals surface area contributed by atoms with Gasteiger partial charge in [-0.25, -0.2) is 0 Å². The SMILES string of the molecule is C=C1C=CCC/C1=C/C=C(C)C.CC. The number of hydrogen-bond acceptors (Lipinski definition) is 0. The minimum atomic E-state index is 1.14. The molecule has 0 unspecified atom stereocenters. The van der Waals surface area contributed by atoms with Crippen LogP contribution in [0.5, 0.6) is 0 Å². The first-order valence-corrected chi connectivity index (χ1v) is 5.40. The molecule has 0 N–H and O–H groups in total. The van der Waals surface area contributed by atoms with E-state index in [0.717, 1.165) is 12.8 Å². The molecule has 78 valence electrons. The van der Waals surface area contributed by atoms with Crippen molar-refractivity contribution < 1.29 is 0 Å². The lowest BCUT2D eigenvalue weighted by atomic mass is 9.96. The van der Waals surface area contributed by atoms with Gasteiger partial charge in [-0.05, 0) is 37.8 Å². The van der Waals surface area contributed by atoms with E-state index in [4.69, 9.17) is 0 Å². The molecule has 1 rings (SSSR count). The predicted molar refractivity (Wildman–Crippen MR) is 66.4 cm³/mol. The number of hydrogen-bond donors (Lipinski definition) is 0. The van der Waals surface area contributed by atoms with Crippen LogP contribution in [0.15, 0.2) is 47.6 Å². The van der Waals surface area contributed by atoms with Gasteiger partial charge in [0.1, 0.15) is 0 Å². The lowest BCUT2D eigenvalue weighted by Gasteiger charge is -2.09. The van der Waals surface area contributed by atoms with Crippen molar-refractivity contribution in [2.75, 3.05) is 0 Å². The molecule has 0 radical (unpaired) electrons. The van der Waals surface area contributed by atoms with Crippen molar-refractivity contribution in [1.29, 1.82) is 0 Å². The molecule has 0 bridgehead atoms. The summed E-state index contributed by atoms with van der Waals surface area (Å²) in [6.45, 7) is 12.2. The standard InChI is InChI=1S/C12H16.C2H6/c1-10(2)8-9-12-7-5-4-6-11(12)3;1-2/h4,6,8-9H,3,5,7H2,1-2H3;1-2H3/b12-9-;. The Balaban J connectivity index is 0.000000791. The molecule has 0 nitrogen and oxygen atoms in total. The molecule has 1 aliphatic carbocycles. The Morgan fingerprint density at radius 1 is 1.36 bits per heavy atom. The minimum Gasteiger partial charge on any atom is -0.0915 e. The van der Waals surface area contributed by atoms with Crippen molar-refractivity contribution in [2.24, 2.45) is 0 Å². The molecule has 0 saturated carbocycles. The molecule has 0 aromatic rings. The van der Waals surface area contributed by atoms with E-state index < -0.39 is 0 Å². The lowest BCUT2D eigenvalue weighted by Crippen LogP contribution is -1.90. The fraction of sp³-hybridized carbons (Fsp3) is 0.429. The maximum Gasteiger partial charge on any atom is -0.0238 e. The number of rotatable bonds is 1. The highest BCUT2D eigenvalue weighted by Crippen LogP contribution is 2.21. The Hall–Kier alpha value is -1.04. The molecule has 0 aromatic carbocycles. The molecule has 14 heavy (non-hydrogen) atoms. The highest BCUT2D eigenvalue weighted by atomic mass is 14.1. The summed E-state index contributed by atoms with van der Waals surface area (Å²) in [5.74, 6) is 0. The third-order valence-corrected chi connectivity index (χ3v) is 1.93. The van der Waals surface area contributed by atoms with E-state index >= 15 is 0 Å². The monoisotopic (exact) mass is 190 g/mol. The van der Waals surface area contributed by atoms with Gasteiger partial charge in [0.25, 0.3) is 0 Å². The molecule has 0 saturated heterocycles. The van der Waals surface area contributed by atoms with E-state index in [-0.39, 0.29) is 0 Å². The van der Waals surface area contributed by atoms with Gasteiger partial charge in [0.15, 0.2) is 0 Å². The largest absolute Gasteiger partial charge is 0.0915 e. The van der Waals surface area contributed by atoms with Crippen LogP contribution >= 0.6 is 0 Å². The summed E-state index contributed by atoms with van der Waals surface area (Å²) in [7, 11) is 0. The topological polar surface area (TPSA) is 0 Å². The highest BCUT2D eigenvalue weighted by molar-refractivity contribution is 5.42. The van der Waals surface area contributed by atoms with Gasteiger partial charge in [-0.15, -0.1) is 0 Å². The molecule has 1 aliphatic rings. The van der Waals surface area contributed by atoms with Gasteiger partial charge < -0.3 is 0 Å². The molecule has 0 aromatic heterocycles. The van der Waals surface area contributed by atoms with Crippen molar-refractivity contribution >= 4 is 0 Å². The van der Waals surface area contributed by atoms with E-state index in [1.165, 1.54) is 16.7 Å². The van der Waals surface area contributed by atoms with Crippen molar-refractivity contribution in [2.45, 2.75) is 40.5 Å². The molecule has 0 heterocycles. The summed E-state index contributed by atoms with van der Waals surface area (Å²) >= 11 is 0. The average Bonchev–Trinajstić information content (AvgIpc) is 2.19. The second-order valence-corrected chi connectivity index (χ2v) is 3.40. The average molecular weight is 190 g/mol. The van der Waals surface area contributed by atoms with E-state index in [9.17, 15) is 0 Å². The highest BCUT2D eigenvalue weighted by Gasteiger charge is 2.01. The van der Waals surface area contributed by atoms with E-state index in [1.807, 2.05) is 13.8 Å². The Labute approximate surface area is 88.7 Å². The minimum absolute atomic E-state index is 1.14. The third kappa shape index (κ3) is 4.86. The Kier molecular flexibility index (Phi) is 6.82. The van der Waals surface area contributed by atoms with Crippen molar-refractivity contribution in [3.63, 3.8) is 0 Å². The van der Waals surface area contributed by atoms with Crippen molar-refractivity contribution in [1.82, 2.24) is 0 Å². The van der Waals surface area contributed by atoms with Crippen LogP contribution < -0.4 is 0 Å². The summed E-state index contributed by atoms with van der Waals surface area (Å²) in [6, 6.07) is 0. The van der Waals surface area contributed by atoms with Crippen molar-refractivity contribution in [3.8, 4) is 0 Å². The lowest BCUT2D eigenvalue weighted by molar-refractivity contribution is 0.969. The van der Waals surface area contributed by atoms with Gasteiger partial charge in [0.2, 0.25) is 0 Å². The second-order valence-electron chi connectivity index (χ2n) is 3.40. The van der Waals surface area contributed by atoms with Crippen molar-refractivity contribution in [3.05, 3.63) is 47.6 Å². The van der Waals surface area contributed by atoms with E-state index in [0.29, 0.717) is 0 Å². The van der Waals surface area contributed by atoms with Crippen LogP contribution in [-0.4, -0.2) is 0 Å². The van der Waals surface area contributed by atoms with Crippen LogP contribution in [-0.2, 0) is 0 Å². The van der Waals surface area contributed by atoms with Gasteiger partial charge in [0, 0.05) is 0 Å². The maximum absolute atomic E-state index is 3.99. The van der Waals surface area contributed by atoms with Crippen LogP contribution in [0.1, 0.15) is 40.5 Å². The molecule has 0 heteroatoms. The van der Waals surface area contributed by atoms with Gasteiger partial charge in [-0.1, -0.05) is 50.3 Å². The normalized spacial score (nSPS) is 17.4. The zero-order valence-corrected chi connectivity index (χ0v) is 9.93. The number of allylic oxidation sites excluding steroid dienone is 7. The maximum atomic E-state index is 3.99. The Bertz CT molecular complexity index is 258. The fourth-order valence-corrected chi connectivity index (χ4v) is 1.19. The summed E-state index contributed by atoms with van der Waals surface area (Å²) in [6.07, 6.45) is 10.9. The van der Waals surface area contributed by atoms with Gasteiger partial charge in [-0.2, -0.15) is 0 Å². The third-order valence-electron chi connectivity index (χ3n) is 1.93. The summed E-state index contributed by atoms with van der Waals surface area (Å²) < 4.78 is 0. The van der Waals surface area contributed by atoms with Crippen LogP contribution in [0.4, 0.5) is 0 Å². The molecule has 0 amide bonds. The molecule has 0 fully saturated rings. The molecule has 0 atom stereocenters. The summed E-state index contributed by atoms with van der Waals surface area (Å²) in [5.41, 5.74) is 3.88. The fourth-order valence-electron chi connectivity index (χ4n) is 1.19. The zero-order chi connectivity index (χ0) is 11.0. The van der Waals surface area contributed by atoms with Gasteiger partial charge in [-0.3, -0.25) is 0 Å². The summed E-state index contributed by atoms with van der Waals surface area (Å²) in [5, 5.41) is 0. The second kappa shape index (κ2) is 7.37. The zero-order valence-electron chi connectivity index (χ0n) is 9.93. The van der Waals surface area contributed by atoms with Crippen LogP contribution in [0.2, 0.25) is 0 Å². The molecular weight excluding hydrogens is 168 g/mol. The first-order chi connectivity index (χ1) is 6.70. The van der Waals surface area contributed by atoms with E-state index in [2.05, 4.69) is 44.7 Å². The molecule has 0 aliphatic heterocycles. The summed E-state index contributed by atoms with van der Waals surface area (Å²) in [4.78, 5) is 0. The van der Waals surface area contributed by atoms with Crippen LogP contribution in [0.25, 0.3) is 0 Å². The quantitative estimate of drug-likeness (QED) is 0.556. The smallest absolute Gasteiger partial charge is 0.0238 e. The Morgan fingerprint density at radius 3 is 2.50 bits per heavy atom.